The average Bonchev–Trinajstić information content (AvgIpc) is 2.74. The van der Waals surface area contributed by atoms with Crippen LogP contribution in [-0.2, 0) is 0 Å². The fourth-order valence-corrected chi connectivity index (χ4v) is 1.77. The smallest absolute Gasteiger partial charge is 0.137 e. The number of hydrogen-bond acceptors (Lipinski definition) is 1. The van der Waals surface area contributed by atoms with Crippen LogP contribution in [0.5, 0.6) is 0 Å². The second kappa shape index (κ2) is 4.16. The number of rotatable bonds is 2. The van der Waals surface area contributed by atoms with Gasteiger partial charge >= 0.3 is 0 Å². The monoisotopic (exact) mass is 269 g/mol. The Morgan fingerprint density at radius 1 is 1.33 bits per heavy atom. The van der Waals surface area contributed by atoms with Crippen molar-refractivity contribution < 1.29 is 9.50 Å². The van der Waals surface area contributed by atoms with Crippen LogP contribution in [0.3, 0.4) is 0 Å². The van der Waals surface area contributed by atoms with Gasteiger partial charge < -0.3 is 10.1 Å². The predicted molar refractivity (Wildman–Crippen MR) is 59.0 cm³/mol. The van der Waals surface area contributed by atoms with Gasteiger partial charge in [0.1, 0.15) is 11.9 Å². The number of aromatic amines is 1. The van der Waals surface area contributed by atoms with E-state index in [1.165, 1.54) is 6.07 Å². The Bertz CT molecular complexity index is 456. The largest absolute Gasteiger partial charge is 0.382 e. The van der Waals surface area contributed by atoms with Crippen molar-refractivity contribution in [3.8, 4) is 0 Å². The van der Waals surface area contributed by atoms with Gasteiger partial charge in [-0.2, -0.15) is 0 Å². The van der Waals surface area contributed by atoms with Gasteiger partial charge in [-0.3, -0.25) is 0 Å². The lowest BCUT2D eigenvalue weighted by atomic mass is 10.1. The summed E-state index contributed by atoms with van der Waals surface area (Å²) in [5.41, 5.74) is 1.33. The van der Waals surface area contributed by atoms with Crippen LogP contribution in [0.4, 0.5) is 4.39 Å². The zero-order valence-electron chi connectivity index (χ0n) is 7.74. The lowest BCUT2D eigenvalue weighted by Crippen LogP contribution is -2.00. The van der Waals surface area contributed by atoms with Crippen LogP contribution in [0.15, 0.2) is 41.0 Å². The highest BCUT2D eigenvalue weighted by molar-refractivity contribution is 9.10. The summed E-state index contributed by atoms with van der Waals surface area (Å²) in [5.74, 6) is -0.336. The third kappa shape index (κ3) is 2.11. The van der Waals surface area contributed by atoms with Gasteiger partial charge in [0.05, 0.1) is 4.47 Å². The molecule has 1 heterocycles. The number of aliphatic hydroxyl groups is 1. The molecule has 1 aromatic carbocycles. The molecular weight excluding hydrogens is 261 g/mol. The number of H-pyrrole nitrogens is 1. The molecule has 1 atom stereocenters. The highest BCUT2D eigenvalue weighted by Crippen LogP contribution is 2.24. The Balaban J connectivity index is 2.34. The summed E-state index contributed by atoms with van der Waals surface area (Å²) in [7, 11) is 0. The number of halogens is 2. The summed E-state index contributed by atoms with van der Waals surface area (Å²) in [5, 5.41) is 9.92. The minimum atomic E-state index is -0.753. The SMILES string of the molecule is OC(c1ccc(F)c(Br)c1)c1ccc[nH]1. The molecule has 2 rings (SSSR count). The Morgan fingerprint density at radius 3 is 2.73 bits per heavy atom. The number of hydrogen-bond donors (Lipinski definition) is 2. The molecule has 0 radical (unpaired) electrons. The molecule has 4 heteroatoms. The Morgan fingerprint density at radius 2 is 2.13 bits per heavy atom. The van der Waals surface area contributed by atoms with E-state index in [1.54, 1.807) is 30.5 Å². The van der Waals surface area contributed by atoms with E-state index < -0.39 is 6.10 Å². The first-order chi connectivity index (χ1) is 7.18. The fraction of sp³-hybridized carbons (Fsp3) is 0.0909. The topological polar surface area (TPSA) is 36.0 Å². The molecule has 1 unspecified atom stereocenters. The van der Waals surface area contributed by atoms with E-state index in [4.69, 9.17) is 0 Å². The summed E-state index contributed by atoms with van der Waals surface area (Å²) in [6, 6.07) is 8.04. The summed E-state index contributed by atoms with van der Waals surface area (Å²) in [6.45, 7) is 0. The van der Waals surface area contributed by atoms with Crippen LogP contribution in [0.2, 0.25) is 0 Å². The average molecular weight is 270 g/mol. The molecule has 1 aromatic heterocycles. The van der Waals surface area contributed by atoms with Crippen LogP contribution < -0.4 is 0 Å². The summed E-state index contributed by atoms with van der Waals surface area (Å²) in [6.07, 6.45) is 0.980. The van der Waals surface area contributed by atoms with Crippen molar-refractivity contribution in [1.82, 2.24) is 4.98 Å². The van der Waals surface area contributed by atoms with Gasteiger partial charge in [0.15, 0.2) is 0 Å². The maximum Gasteiger partial charge on any atom is 0.137 e. The first-order valence-electron chi connectivity index (χ1n) is 4.45. The maximum absolute atomic E-state index is 13.0. The molecule has 0 aliphatic heterocycles. The van der Waals surface area contributed by atoms with Crippen molar-refractivity contribution in [2.45, 2.75) is 6.10 Å². The van der Waals surface area contributed by atoms with Gasteiger partial charge in [0.25, 0.3) is 0 Å². The van der Waals surface area contributed by atoms with E-state index in [9.17, 15) is 9.50 Å². The number of aliphatic hydroxyl groups excluding tert-OH is 1. The second-order valence-corrected chi connectivity index (χ2v) is 4.06. The van der Waals surface area contributed by atoms with Crippen LogP contribution in [-0.4, -0.2) is 10.1 Å². The fourth-order valence-electron chi connectivity index (χ4n) is 1.38. The highest BCUT2D eigenvalue weighted by atomic mass is 79.9. The summed E-state index contributed by atoms with van der Waals surface area (Å²) in [4.78, 5) is 2.91. The van der Waals surface area contributed by atoms with Gasteiger partial charge in [0.2, 0.25) is 0 Å². The zero-order valence-corrected chi connectivity index (χ0v) is 9.33. The van der Waals surface area contributed by atoms with Crippen molar-refractivity contribution >= 4 is 15.9 Å². The van der Waals surface area contributed by atoms with Crippen molar-refractivity contribution in [3.63, 3.8) is 0 Å². The van der Waals surface area contributed by atoms with Gasteiger partial charge in [-0.15, -0.1) is 0 Å². The molecule has 0 amide bonds. The Hall–Kier alpha value is -1.13. The molecule has 2 nitrogen and oxygen atoms in total. The quantitative estimate of drug-likeness (QED) is 0.864. The van der Waals surface area contributed by atoms with Crippen LogP contribution in [0.25, 0.3) is 0 Å². The lowest BCUT2D eigenvalue weighted by Gasteiger charge is -2.09. The van der Waals surface area contributed by atoms with Crippen molar-refractivity contribution in [3.05, 3.63) is 58.1 Å². The molecule has 78 valence electrons. The third-order valence-corrected chi connectivity index (χ3v) is 2.78. The van der Waals surface area contributed by atoms with Crippen molar-refractivity contribution in [2.24, 2.45) is 0 Å². The number of nitrogens with one attached hydrogen (secondary N) is 1. The van der Waals surface area contributed by atoms with Gasteiger partial charge in [-0.25, -0.2) is 4.39 Å². The molecule has 0 spiro atoms. The second-order valence-electron chi connectivity index (χ2n) is 3.20. The van der Waals surface area contributed by atoms with E-state index in [1.807, 2.05) is 0 Å². The molecule has 0 bridgehead atoms. The van der Waals surface area contributed by atoms with Crippen LogP contribution in [0.1, 0.15) is 17.4 Å². The predicted octanol–water partition coefficient (Wildman–Crippen LogP) is 3.00. The molecule has 0 fully saturated rings. The normalized spacial score (nSPS) is 12.7. The molecule has 0 saturated heterocycles. The highest BCUT2D eigenvalue weighted by Gasteiger charge is 2.12. The minimum absolute atomic E-state index is 0.336. The molecule has 2 aromatic rings. The summed E-state index contributed by atoms with van der Waals surface area (Å²) < 4.78 is 13.3. The van der Waals surface area contributed by atoms with Crippen molar-refractivity contribution in [2.75, 3.05) is 0 Å². The summed E-state index contributed by atoms with van der Waals surface area (Å²) >= 11 is 3.08. The van der Waals surface area contributed by atoms with E-state index in [-0.39, 0.29) is 5.82 Å². The maximum atomic E-state index is 13.0. The first kappa shape index (κ1) is 10.4. The van der Waals surface area contributed by atoms with Gasteiger partial charge in [0, 0.05) is 11.9 Å². The third-order valence-electron chi connectivity index (χ3n) is 2.18. The first-order valence-corrected chi connectivity index (χ1v) is 5.24. The number of aromatic nitrogens is 1. The van der Waals surface area contributed by atoms with E-state index in [0.29, 0.717) is 15.7 Å². The van der Waals surface area contributed by atoms with Gasteiger partial charge in [-0.1, -0.05) is 6.07 Å². The van der Waals surface area contributed by atoms with E-state index in [2.05, 4.69) is 20.9 Å². The molecule has 15 heavy (non-hydrogen) atoms. The van der Waals surface area contributed by atoms with Crippen molar-refractivity contribution in [1.29, 1.82) is 0 Å². The standard InChI is InChI=1S/C11H9BrFNO/c12-8-6-7(3-4-9(8)13)11(15)10-2-1-5-14-10/h1-6,11,14-15H. The molecule has 0 aliphatic carbocycles. The lowest BCUT2D eigenvalue weighted by molar-refractivity contribution is 0.216. The van der Waals surface area contributed by atoms with E-state index in [0.717, 1.165) is 0 Å². The molecule has 2 N–H and O–H groups in total. The molecule has 0 saturated carbocycles. The number of benzene rings is 1. The zero-order chi connectivity index (χ0) is 10.8. The van der Waals surface area contributed by atoms with E-state index >= 15 is 0 Å². The van der Waals surface area contributed by atoms with Crippen LogP contribution in [0, 0.1) is 5.82 Å². The van der Waals surface area contributed by atoms with Gasteiger partial charge in [-0.05, 0) is 45.8 Å². The molecule has 0 aliphatic rings. The Kier molecular flexibility index (Phi) is 2.88. The van der Waals surface area contributed by atoms with Crippen LogP contribution >= 0.6 is 15.9 Å². The minimum Gasteiger partial charge on any atom is -0.382 e. The Labute approximate surface area is 94.9 Å². The molecular formula is C11H9BrFNO.